The van der Waals surface area contributed by atoms with E-state index < -0.39 is 0 Å². The SMILES string of the molecule is CN(CC(=O)Nc1ccccc1Cl)C(=O)CCc1nc(-c2ccccc2)no1. The van der Waals surface area contributed by atoms with Crippen molar-refractivity contribution in [2.45, 2.75) is 12.8 Å². The highest BCUT2D eigenvalue weighted by Gasteiger charge is 2.16. The number of carbonyl (C=O) groups is 2. The molecule has 7 nitrogen and oxygen atoms in total. The number of nitrogens with zero attached hydrogens (tertiary/aromatic N) is 3. The van der Waals surface area contributed by atoms with Crippen LogP contribution in [0.25, 0.3) is 11.4 Å². The Morgan fingerprint density at radius 3 is 2.57 bits per heavy atom. The third kappa shape index (κ3) is 5.17. The molecule has 0 aliphatic carbocycles. The van der Waals surface area contributed by atoms with E-state index in [0.717, 1.165) is 5.56 Å². The molecule has 0 aliphatic heterocycles. The molecule has 28 heavy (non-hydrogen) atoms. The van der Waals surface area contributed by atoms with Gasteiger partial charge in [0, 0.05) is 25.5 Å². The van der Waals surface area contributed by atoms with E-state index in [4.69, 9.17) is 16.1 Å². The standard InChI is InChI=1S/C20H19ClN4O3/c1-25(13-17(26)22-16-10-6-5-9-15(16)21)19(27)12-11-18-23-20(24-28-18)14-7-3-2-4-8-14/h2-10H,11-13H2,1H3,(H,22,26). The molecule has 144 valence electrons. The zero-order chi connectivity index (χ0) is 19.9. The fourth-order valence-electron chi connectivity index (χ4n) is 2.52. The molecular weight excluding hydrogens is 380 g/mol. The van der Waals surface area contributed by atoms with Gasteiger partial charge in [0.25, 0.3) is 0 Å². The van der Waals surface area contributed by atoms with E-state index in [0.29, 0.717) is 28.8 Å². The highest BCUT2D eigenvalue weighted by Crippen LogP contribution is 2.20. The summed E-state index contributed by atoms with van der Waals surface area (Å²) in [5.74, 6) is 0.332. The van der Waals surface area contributed by atoms with Crippen LogP contribution >= 0.6 is 11.6 Å². The van der Waals surface area contributed by atoms with Crippen LogP contribution in [0, 0.1) is 0 Å². The zero-order valence-corrected chi connectivity index (χ0v) is 16.0. The van der Waals surface area contributed by atoms with Crippen molar-refractivity contribution in [1.82, 2.24) is 15.0 Å². The third-order valence-corrected chi connectivity index (χ3v) is 4.34. The summed E-state index contributed by atoms with van der Waals surface area (Å²) in [7, 11) is 1.57. The highest BCUT2D eigenvalue weighted by molar-refractivity contribution is 6.33. The molecular formula is C20H19ClN4O3. The van der Waals surface area contributed by atoms with Crippen molar-refractivity contribution in [3.05, 3.63) is 65.5 Å². The second-order valence-electron chi connectivity index (χ2n) is 6.16. The molecule has 0 atom stereocenters. The Kier molecular flexibility index (Phi) is 6.39. The first-order valence-corrected chi connectivity index (χ1v) is 9.07. The molecule has 0 spiro atoms. The van der Waals surface area contributed by atoms with Crippen molar-refractivity contribution in [1.29, 1.82) is 0 Å². The predicted molar refractivity (Wildman–Crippen MR) is 106 cm³/mol. The zero-order valence-electron chi connectivity index (χ0n) is 15.3. The number of aryl methyl sites for hydroxylation is 1. The Balaban J connectivity index is 1.49. The third-order valence-electron chi connectivity index (χ3n) is 4.01. The van der Waals surface area contributed by atoms with E-state index >= 15 is 0 Å². The molecule has 3 aromatic rings. The number of hydrogen-bond acceptors (Lipinski definition) is 5. The first kappa shape index (κ1) is 19.6. The fraction of sp³-hybridized carbons (Fsp3) is 0.200. The lowest BCUT2D eigenvalue weighted by Crippen LogP contribution is -2.35. The minimum absolute atomic E-state index is 0.0802. The molecule has 2 amide bonds. The smallest absolute Gasteiger partial charge is 0.244 e. The molecule has 0 bridgehead atoms. The van der Waals surface area contributed by atoms with Gasteiger partial charge >= 0.3 is 0 Å². The number of para-hydroxylation sites is 1. The molecule has 3 rings (SSSR count). The van der Waals surface area contributed by atoms with E-state index in [1.54, 1.807) is 31.3 Å². The molecule has 0 radical (unpaired) electrons. The highest BCUT2D eigenvalue weighted by atomic mass is 35.5. The van der Waals surface area contributed by atoms with Crippen LogP contribution in [0.3, 0.4) is 0 Å². The van der Waals surface area contributed by atoms with Crippen LogP contribution in [0.1, 0.15) is 12.3 Å². The monoisotopic (exact) mass is 398 g/mol. The lowest BCUT2D eigenvalue weighted by atomic mass is 10.2. The van der Waals surface area contributed by atoms with Gasteiger partial charge in [-0.25, -0.2) is 0 Å². The van der Waals surface area contributed by atoms with Crippen LogP contribution in [-0.2, 0) is 16.0 Å². The maximum Gasteiger partial charge on any atom is 0.244 e. The molecule has 0 fully saturated rings. The van der Waals surface area contributed by atoms with Crippen LogP contribution in [0.2, 0.25) is 5.02 Å². The van der Waals surface area contributed by atoms with Crippen LogP contribution in [-0.4, -0.2) is 40.4 Å². The molecule has 1 N–H and O–H groups in total. The number of aromatic nitrogens is 2. The number of amides is 2. The lowest BCUT2D eigenvalue weighted by Gasteiger charge is -2.16. The first-order valence-electron chi connectivity index (χ1n) is 8.69. The van der Waals surface area contributed by atoms with Crippen molar-refractivity contribution < 1.29 is 14.1 Å². The van der Waals surface area contributed by atoms with Gasteiger partial charge in [-0.05, 0) is 12.1 Å². The van der Waals surface area contributed by atoms with Crippen molar-refractivity contribution in [3.63, 3.8) is 0 Å². The maximum atomic E-state index is 12.3. The second kappa shape index (κ2) is 9.14. The Morgan fingerprint density at radius 2 is 1.82 bits per heavy atom. The molecule has 2 aromatic carbocycles. The minimum Gasteiger partial charge on any atom is -0.339 e. The first-order chi connectivity index (χ1) is 13.5. The number of carbonyl (C=O) groups excluding carboxylic acids is 2. The minimum atomic E-state index is -0.326. The molecule has 0 saturated heterocycles. The van der Waals surface area contributed by atoms with Crippen molar-refractivity contribution >= 4 is 29.1 Å². The molecule has 1 heterocycles. The van der Waals surface area contributed by atoms with E-state index in [-0.39, 0.29) is 24.8 Å². The fourth-order valence-corrected chi connectivity index (χ4v) is 2.70. The molecule has 1 aromatic heterocycles. The predicted octanol–water partition coefficient (Wildman–Crippen LogP) is 3.42. The van der Waals surface area contributed by atoms with Gasteiger partial charge in [0.15, 0.2) is 0 Å². The van der Waals surface area contributed by atoms with Gasteiger partial charge in [-0.3, -0.25) is 9.59 Å². The summed E-state index contributed by atoms with van der Waals surface area (Å²) in [6, 6.07) is 16.4. The van der Waals surface area contributed by atoms with Crippen LogP contribution in [0.5, 0.6) is 0 Å². The second-order valence-corrected chi connectivity index (χ2v) is 6.56. The summed E-state index contributed by atoms with van der Waals surface area (Å²) >= 11 is 6.01. The largest absolute Gasteiger partial charge is 0.339 e. The molecule has 0 unspecified atom stereocenters. The van der Waals surface area contributed by atoms with Crippen LogP contribution in [0.4, 0.5) is 5.69 Å². The summed E-state index contributed by atoms with van der Waals surface area (Å²) < 4.78 is 5.20. The summed E-state index contributed by atoms with van der Waals surface area (Å²) in [4.78, 5) is 30.0. The molecule has 0 saturated carbocycles. The van der Waals surface area contributed by atoms with Crippen molar-refractivity contribution in [3.8, 4) is 11.4 Å². The molecule has 8 heteroatoms. The Morgan fingerprint density at radius 1 is 1.11 bits per heavy atom. The van der Waals surface area contributed by atoms with E-state index in [1.165, 1.54) is 4.90 Å². The van der Waals surface area contributed by atoms with Crippen LogP contribution in [0.15, 0.2) is 59.1 Å². The van der Waals surface area contributed by atoms with E-state index in [1.807, 2.05) is 30.3 Å². The van der Waals surface area contributed by atoms with Gasteiger partial charge < -0.3 is 14.7 Å². The van der Waals surface area contributed by atoms with Gasteiger partial charge in [0.2, 0.25) is 23.5 Å². The van der Waals surface area contributed by atoms with Crippen molar-refractivity contribution in [2.75, 3.05) is 18.9 Å². The van der Waals surface area contributed by atoms with Gasteiger partial charge in [-0.15, -0.1) is 0 Å². The average Bonchev–Trinajstić information content (AvgIpc) is 3.17. The van der Waals surface area contributed by atoms with Crippen LogP contribution < -0.4 is 5.32 Å². The number of anilines is 1. The molecule has 0 aliphatic rings. The van der Waals surface area contributed by atoms with Gasteiger partial charge in [0.1, 0.15) is 0 Å². The Bertz CT molecular complexity index is 959. The summed E-state index contributed by atoms with van der Waals surface area (Å²) in [6.45, 7) is -0.0802. The summed E-state index contributed by atoms with van der Waals surface area (Å²) in [5, 5.41) is 7.05. The van der Waals surface area contributed by atoms with Gasteiger partial charge in [-0.2, -0.15) is 4.98 Å². The Hall–Kier alpha value is -3.19. The average molecular weight is 399 g/mol. The number of likely N-dealkylation sites (N-methyl/N-ethyl adjacent to an activating group) is 1. The van der Waals surface area contributed by atoms with Crippen molar-refractivity contribution in [2.24, 2.45) is 0 Å². The Labute approximate surface area is 167 Å². The number of halogens is 1. The topological polar surface area (TPSA) is 88.3 Å². The lowest BCUT2D eigenvalue weighted by molar-refractivity contribution is -0.133. The van der Waals surface area contributed by atoms with Gasteiger partial charge in [0.05, 0.1) is 17.3 Å². The van der Waals surface area contributed by atoms with E-state index in [2.05, 4.69) is 15.5 Å². The van der Waals surface area contributed by atoms with Gasteiger partial charge in [-0.1, -0.05) is 59.2 Å². The quantitative estimate of drug-likeness (QED) is 0.658. The summed E-state index contributed by atoms with van der Waals surface area (Å²) in [6.07, 6.45) is 0.460. The number of hydrogen-bond donors (Lipinski definition) is 1. The number of rotatable bonds is 7. The number of nitrogens with one attached hydrogen (secondary N) is 1. The number of benzene rings is 2. The summed E-state index contributed by atoms with van der Waals surface area (Å²) in [5.41, 5.74) is 1.35. The maximum absolute atomic E-state index is 12.3. The van der Waals surface area contributed by atoms with E-state index in [9.17, 15) is 9.59 Å². The normalized spacial score (nSPS) is 10.5.